The Hall–Kier alpha value is -3.87. The largest absolute Gasteiger partial charge is 0.340 e. The van der Waals surface area contributed by atoms with Gasteiger partial charge in [0.2, 0.25) is 5.91 Å². The number of nitrogens with one attached hydrogen (secondary N) is 4. The van der Waals surface area contributed by atoms with E-state index in [2.05, 4.69) is 20.3 Å². The summed E-state index contributed by atoms with van der Waals surface area (Å²) in [6, 6.07) is 16.8. The van der Waals surface area contributed by atoms with E-state index in [0.717, 1.165) is 16.8 Å². The van der Waals surface area contributed by atoms with E-state index in [1.807, 2.05) is 54.6 Å². The molecule has 3 heterocycles. The number of fused-ring (bicyclic) bond motifs is 2. The Morgan fingerprint density at radius 1 is 0.778 bits per heavy atom. The fourth-order valence-electron chi connectivity index (χ4n) is 3.77. The van der Waals surface area contributed by atoms with Gasteiger partial charge in [0, 0.05) is 11.3 Å². The lowest BCUT2D eigenvalue weighted by Crippen LogP contribution is -2.23. The summed E-state index contributed by atoms with van der Waals surface area (Å²) in [5, 5.41) is 3.16. The summed E-state index contributed by atoms with van der Waals surface area (Å²) in [4.78, 5) is 45.2. The molecule has 1 unspecified atom stereocenters. The van der Waals surface area contributed by atoms with Crippen molar-refractivity contribution in [2.45, 2.75) is 5.92 Å². The highest BCUT2D eigenvalue weighted by Gasteiger charge is 2.36. The number of anilines is 1. The molecule has 5 rings (SSSR count). The van der Waals surface area contributed by atoms with E-state index in [-0.39, 0.29) is 11.3 Å². The number of carbonyl (C=O) groups excluding carboxylic acids is 1. The molecule has 1 atom stereocenters. The number of para-hydroxylation sites is 1. The van der Waals surface area contributed by atoms with E-state index in [0.29, 0.717) is 16.9 Å². The molecule has 1 aliphatic rings. The van der Waals surface area contributed by atoms with Crippen LogP contribution in [-0.2, 0) is 4.79 Å². The van der Waals surface area contributed by atoms with Crippen LogP contribution in [0.4, 0.5) is 5.69 Å². The van der Waals surface area contributed by atoms with Crippen molar-refractivity contribution in [3.05, 3.63) is 86.6 Å². The molecule has 0 fully saturated rings. The summed E-state index contributed by atoms with van der Waals surface area (Å²) in [6.45, 7) is 0. The second-order valence-electron chi connectivity index (χ2n) is 6.45. The Morgan fingerprint density at radius 2 is 1.52 bits per heavy atom. The zero-order chi connectivity index (χ0) is 18.5. The fourth-order valence-corrected chi connectivity index (χ4v) is 3.77. The molecule has 0 spiro atoms. The average molecular weight is 358 g/mol. The van der Waals surface area contributed by atoms with Gasteiger partial charge in [0.05, 0.1) is 17.0 Å². The van der Waals surface area contributed by atoms with Crippen molar-refractivity contribution in [2.24, 2.45) is 0 Å². The summed E-state index contributed by atoms with van der Waals surface area (Å²) in [5.74, 6) is -0.864. The first kappa shape index (κ1) is 15.4. The molecule has 27 heavy (non-hydrogen) atoms. The Kier molecular flexibility index (Phi) is 3.17. The maximum atomic E-state index is 12.8. The van der Waals surface area contributed by atoms with Crippen molar-refractivity contribution >= 4 is 22.6 Å². The molecule has 132 valence electrons. The number of aromatic amines is 3. The molecule has 2 aromatic carbocycles. The van der Waals surface area contributed by atoms with E-state index in [4.69, 9.17) is 0 Å². The maximum absolute atomic E-state index is 12.8. The summed E-state index contributed by atoms with van der Waals surface area (Å²) in [7, 11) is 0. The van der Waals surface area contributed by atoms with Crippen LogP contribution in [0.3, 0.4) is 0 Å². The van der Waals surface area contributed by atoms with Gasteiger partial charge in [-0.3, -0.25) is 19.6 Å². The first-order chi connectivity index (χ1) is 13.1. The minimum Gasteiger partial charge on any atom is -0.340 e. The molecular weight excluding hydrogens is 344 g/mol. The molecule has 0 bridgehead atoms. The van der Waals surface area contributed by atoms with Gasteiger partial charge in [-0.25, -0.2) is 4.79 Å². The van der Waals surface area contributed by atoms with Crippen molar-refractivity contribution in [1.82, 2.24) is 15.0 Å². The Morgan fingerprint density at radius 3 is 2.33 bits per heavy atom. The van der Waals surface area contributed by atoms with E-state index in [1.165, 1.54) is 0 Å². The predicted molar refractivity (Wildman–Crippen MR) is 102 cm³/mol. The van der Waals surface area contributed by atoms with E-state index in [1.54, 1.807) is 0 Å². The van der Waals surface area contributed by atoms with Crippen molar-refractivity contribution < 1.29 is 4.79 Å². The highest BCUT2D eigenvalue weighted by atomic mass is 16.2. The van der Waals surface area contributed by atoms with Crippen LogP contribution in [0.5, 0.6) is 0 Å². The lowest BCUT2D eigenvalue weighted by molar-refractivity contribution is -0.116. The lowest BCUT2D eigenvalue weighted by Gasteiger charge is -2.11. The minimum absolute atomic E-state index is 0.208. The molecule has 1 amide bonds. The van der Waals surface area contributed by atoms with Gasteiger partial charge in [0.25, 0.3) is 5.56 Å². The first-order valence-corrected chi connectivity index (χ1v) is 8.47. The maximum Gasteiger partial charge on any atom is 0.327 e. The van der Waals surface area contributed by atoms with Crippen LogP contribution in [0.25, 0.3) is 22.3 Å². The summed E-state index contributed by atoms with van der Waals surface area (Å²) < 4.78 is 0. The normalized spacial score (nSPS) is 15.7. The molecule has 0 saturated carbocycles. The highest BCUT2D eigenvalue weighted by Crippen LogP contribution is 2.42. The van der Waals surface area contributed by atoms with Crippen LogP contribution in [0.15, 0.2) is 64.2 Å². The number of hydrogen-bond donors (Lipinski definition) is 4. The standard InChI is InChI=1S/C20H14N4O3/c25-18-13(11-8-4-5-9-12(11)21-18)14-15-17(23-20(27)24-19(15)26)22-16(14)10-6-2-1-3-7-10/h1-9,13H,(H,21,25)(H3,22,23,24,26,27). The molecule has 2 aromatic heterocycles. The number of H-pyrrole nitrogens is 3. The third-order valence-corrected chi connectivity index (χ3v) is 4.87. The summed E-state index contributed by atoms with van der Waals surface area (Å²) in [5.41, 5.74) is 2.70. The van der Waals surface area contributed by atoms with Gasteiger partial charge in [0.15, 0.2) is 0 Å². The zero-order valence-electron chi connectivity index (χ0n) is 14.0. The average Bonchev–Trinajstić information content (AvgIpc) is 3.19. The number of hydrogen-bond acceptors (Lipinski definition) is 3. The SMILES string of the molecule is O=C1Nc2ccccc2C1c1c(-c2ccccc2)[nH]c2[nH]c(=O)[nH]c(=O)c12. The molecule has 0 radical (unpaired) electrons. The molecule has 0 aliphatic carbocycles. The summed E-state index contributed by atoms with van der Waals surface area (Å²) >= 11 is 0. The summed E-state index contributed by atoms with van der Waals surface area (Å²) in [6.07, 6.45) is 0. The Bertz CT molecular complexity index is 1310. The number of benzene rings is 2. The van der Waals surface area contributed by atoms with Gasteiger partial charge in [0.1, 0.15) is 5.65 Å². The molecule has 0 saturated heterocycles. The van der Waals surface area contributed by atoms with Crippen molar-refractivity contribution in [2.75, 3.05) is 5.32 Å². The lowest BCUT2D eigenvalue weighted by atomic mass is 9.89. The second-order valence-corrected chi connectivity index (χ2v) is 6.45. The van der Waals surface area contributed by atoms with E-state index >= 15 is 0 Å². The Labute approximate surface area is 152 Å². The van der Waals surface area contributed by atoms with Gasteiger partial charge >= 0.3 is 5.69 Å². The van der Waals surface area contributed by atoms with Gasteiger partial charge < -0.3 is 10.3 Å². The Balaban J connectivity index is 1.90. The van der Waals surface area contributed by atoms with E-state index < -0.39 is 17.2 Å². The molecule has 7 heteroatoms. The molecule has 1 aliphatic heterocycles. The van der Waals surface area contributed by atoms with Gasteiger partial charge in [-0.1, -0.05) is 48.5 Å². The van der Waals surface area contributed by atoms with Crippen molar-refractivity contribution in [3.63, 3.8) is 0 Å². The number of rotatable bonds is 2. The van der Waals surface area contributed by atoms with Crippen LogP contribution in [-0.4, -0.2) is 20.9 Å². The van der Waals surface area contributed by atoms with E-state index in [9.17, 15) is 14.4 Å². The van der Waals surface area contributed by atoms with Crippen molar-refractivity contribution in [1.29, 1.82) is 0 Å². The van der Waals surface area contributed by atoms with Crippen LogP contribution < -0.4 is 16.6 Å². The van der Waals surface area contributed by atoms with Crippen molar-refractivity contribution in [3.8, 4) is 11.3 Å². The van der Waals surface area contributed by atoms with Gasteiger partial charge in [-0.15, -0.1) is 0 Å². The van der Waals surface area contributed by atoms with Gasteiger partial charge in [-0.2, -0.15) is 0 Å². The molecule has 4 N–H and O–H groups in total. The topological polar surface area (TPSA) is 111 Å². The van der Waals surface area contributed by atoms with Crippen LogP contribution in [0, 0.1) is 0 Å². The third kappa shape index (κ3) is 2.25. The predicted octanol–water partition coefficient (Wildman–Crippen LogP) is 2.30. The molecular formula is C20H14N4O3. The number of aromatic nitrogens is 3. The van der Waals surface area contributed by atoms with Gasteiger partial charge in [-0.05, 0) is 17.2 Å². The monoisotopic (exact) mass is 358 g/mol. The molecule has 7 nitrogen and oxygen atoms in total. The first-order valence-electron chi connectivity index (χ1n) is 8.47. The molecule has 4 aromatic rings. The van der Waals surface area contributed by atoms with Crippen LogP contribution in [0.1, 0.15) is 17.0 Å². The number of carbonyl (C=O) groups is 1. The zero-order valence-corrected chi connectivity index (χ0v) is 14.0. The fraction of sp³-hybridized carbons (Fsp3) is 0.0500. The highest BCUT2D eigenvalue weighted by molar-refractivity contribution is 6.08. The smallest absolute Gasteiger partial charge is 0.327 e. The van der Waals surface area contributed by atoms with Crippen LogP contribution >= 0.6 is 0 Å². The second kappa shape index (κ2) is 5.57. The quantitative estimate of drug-likeness (QED) is 0.441. The number of amides is 1. The van der Waals surface area contributed by atoms with Crippen LogP contribution in [0.2, 0.25) is 0 Å². The third-order valence-electron chi connectivity index (χ3n) is 4.87. The minimum atomic E-state index is -0.655.